The van der Waals surface area contributed by atoms with Crippen molar-refractivity contribution in [3.8, 4) is 0 Å². The third-order valence-corrected chi connectivity index (χ3v) is 4.76. The lowest BCUT2D eigenvalue weighted by atomic mass is 10.1. The molecule has 2 aromatic rings. The van der Waals surface area contributed by atoms with Gasteiger partial charge in [-0.3, -0.25) is 9.48 Å². The molecular formula is C19H25N5O2S. The molecule has 1 aromatic carbocycles. The molecule has 0 aliphatic carbocycles. The quantitative estimate of drug-likeness (QED) is 0.768. The molecule has 2 N–H and O–H groups in total. The summed E-state index contributed by atoms with van der Waals surface area (Å²) in [4.78, 5) is 14.8. The van der Waals surface area contributed by atoms with Crippen molar-refractivity contribution in [3.63, 3.8) is 0 Å². The van der Waals surface area contributed by atoms with Crippen LogP contribution in [0.3, 0.4) is 0 Å². The Kier molecular flexibility index (Phi) is 6.41. The molecule has 1 aliphatic heterocycles. The molecule has 0 spiro atoms. The number of hydrogen-bond donors (Lipinski definition) is 2. The van der Waals surface area contributed by atoms with Crippen LogP contribution in [0, 0.1) is 0 Å². The first kappa shape index (κ1) is 19.3. The number of carbonyl (C=O) groups excluding carboxylic acids is 1. The molecule has 0 radical (unpaired) electrons. The van der Waals surface area contributed by atoms with Crippen molar-refractivity contribution < 1.29 is 9.53 Å². The van der Waals surface area contributed by atoms with Crippen LogP contribution in [-0.2, 0) is 11.3 Å². The second-order valence-corrected chi connectivity index (χ2v) is 6.77. The van der Waals surface area contributed by atoms with Crippen LogP contribution in [0.2, 0.25) is 0 Å². The minimum atomic E-state index is -0.0564. The number of nitrogens with one attached hydrogen (secondary N) is 2. The van der Waals surface area contributed by atoms with E-state index >= 15 is 0 Å². The van der Waals surface area contributed by atoms with Crippen LogP contribution >= 0.6 is 12.2 Å². The number of thiocarbonyl (C=S) groups is 1. The lowest BCUT2D eigenvalue weighted by Gasteiger charge is -2.27. The fourth-order valence-corrected chi connectivity index (χ4v) is 3.33. The smallest absolute Gasteiger partial charge is 0.274 e. The SMILES string of the molecule is CCn1ncc(NC(=S)NC(C)c2ccccc2)c1C(=O)N1CCOCC1. The summed E-state index contributed by atoms with van der Waals surface area (Å²) in [6, 6.07) is 10.1. The van der Waals surface area contributed by atoms with Crippen molar-refractivity contribution in [1.82, 2.24) is 20.0 Å². The fraction of sp³-hybridized carbons (Fsp3) is 0.421. The number of rotatable bonds is 5. The van der Waals surface area contributed by atoms with Gasteiger partial charge in [-0.1, -0.05) is 30.3 Å². The highest BCUT2D eigenvalue weighted by atomic mass is 32.1. The first-order valence-electron chi connectivity index (χ1n) is 9.15. The zero-order valence-electron chi connectivity index (χ0n) is 15.6. The number of hydrogen-bond acceptors (Lipinski definition) is 4. The largest absolute Gasteiger partial charge is 0.378 e. The first-order chi connectivity index (χ1) is 13.1. The molecule has 27 heavy (non-hydrogen) atoms. The molecule has 8 heteroatoms. The number of nitrogens with zero attached hydrogens (tertiary/aromatic N) is 3. The predicted molar refractivity (Wildman–Crippen MR) is 109 cm³/mol. The van der Waals surface area contributed by atoms with Gasteiger partial charge in [0.25, 0.3) is 5.91 Å². The molecule has 1 atom stereocenters. The number of anilines is 1. The number of morpholine rings is 1. The van der Waals surface area contributed by atoms with Crippen LogP contribution in [0.5, 0.6) is 0 Å². The average Bonchev–Trinajstić information content (AvgIpc) is 3.11. The molecule has 144 valence electrons. The van der Waals surface area contributed by atoms with Gasteiger partial charge in [0.1, 0.15) is 5.69 Å². The average molecular weight is 388 g/mol. The lowest BCUT2D eigenvalue weighted by Crippen LogP contribution is -2.42. The highest BCUT2D eigenvalue weighted by molar-refractivity contribution is 7.80. The Balaban J connectivity index is 1.72. The summed E-state index contributed by atoms with van der Waals surface area (Å²) in [5, 5.41) is 11.2. The van der Waals surface area contributed by atoms with Gasteiger partial charge in [0.15, 0.2) is 5.11 Å². The standard InChI is InChI=1S/C19H25N5O2S/c1-3-24-17(18(25)23-9-11-26-12-10-23)16(13-20-24)22-19(27)21-14(2)15-7-5-4-6-8-15/h4-8,13-14H,3,9-12H2,1-2H3,(H2,21,22,27). The van der Waals surface area contributed by atoms with Gasteiger partial charge < -0.3 is 20.3 Å². The number of aromatic nitrogens is 2. The maximum absolute atomic E-state index is 13.0. The van der Waals surface area contributed by atoms with Gasteiger partial charge in [-0.25, -0.2) is 0 Å². The van der Waals surface area contributed by atoms with Crippen LogP contribution in [-0.4, -0.2) is 52.0 Å². The molecule has 1 amide bonds. The molecule has 1 aliphatic rings. The first-order valence-corrected chi connectivity index (χ1v) is 9.56. The Hall–Kier alpha value is -2.45. The van der Waals surface area contributed by atoms with E-state index < -0.39 is 0 Å². The summed E-state index contributed by atoms with van der Waals surface area (Å²) >= 11 is 5.46. The van der Waals surface area contributed by atoms with E-state index in [1.807, 2.05) is 44.2 Å². The monoisotopic (exact) mass is 387 g/mol. The highest BCUT2D eigenvalue weighted by Crippen LogP contribution is 2.19. The molecule has 1 unspecified atom stereocenters. The molecule has 3 rings (SSSR count). The van der Waals surface area contributed by atoms with Gasteiger partial charge in [-0.15, -0.1) is 0 Å². The summed E-state index contributed by atoms with van der Waals surface area (Å²) in [6.45, 7) is 6.89. The van der Waals surface area contributed by atoms with Crippen molar-refractivity contribution in [2.45, 2.75) is 26.4 Å². The van der Waals surface area contributed by atoms with Crippen LogP contribution in [0.1, 0.15) is 35.9 Å². The number of aryl methyl sites for hydroxylation is 1. The van der Waals surface area contributed by atoms with E-state index in [-0.39, 0.29) is 11.9 Å². The Morgan fingerprint density at radius 1 is 1.30 bits per heavy atom. The Morgan fingerprint density at radius 2 is 2.00 bits per heavy atom. The summed E-state index contributed by atoms with van der Waals surface area (Å²) in [7, 11) is 0. The minimum absolute atomic E-state index is 0.0471. The van der Waals surface area contributed by atoms with Crippen molar-refractivity contribution in [2.24, 2.45) is 0 Å². The van der Waals surface area contributed by atoms with Crippen molar-refractivity contribution in [3.05, 3.63) is 47.8 Å². The zero-order valence-corrected chi connectivity index (χ0v) is 16.5. The fourth-order valence-electron chi connectivity index (χ4n) is 3.04. The molecule has 2 heterocycles. The van der Waals surface area contributed by atoms with E-state index in [9.17, 15) is 4.79 Å². The van der Waals surface area contributed by atoms with E-state index in [4.69, 9.17) is 17.0 Å². The molecule has 1 aromatic heterocycles. The third kappa shape index (κ3) is 4.64. The Labute approximate surface area is 164 Å². The Bertz CT molecular complexity index is 787. The summed E-state index contributed by atoms with van der Waals surface area (Å²) in [6.07, 6.45) is 1.65. The molecule has 1 fully saturated rings. The number of amides is 1. The van der Waals surface area contributed by atoms with E-state index in [0.29, 0.717) is 49.3 Å². The van der Waals surface area contributed by atoms with Gasteiger partial charge in [-0.05, 0) is 31.6 Å². The molecule has 7 nitrogen and oxygen atoms in total. The molecule has 1 saturated heterocycles. The van der Waals surface area contributed by atoms with Gasteiger partial charge in [0.05, 0.1) is 31.1 Å². The van der Waals surface area contributed by atoms with Crippen molar-refractivity contribution >= 4 is 28.9 Å². The zero-order chi connectivity index (χ0) is 19.2. The second kappa shape index (κ2) is 8.96. The number of ether oxygens (including phenoxy) is 1. The maximum Gasteiger partial charge on any atom is 0.274 e. The van der Waals surface area contributed by atoms with Crippen molar-refractivity contribution in [2.75, 3.05) is 31.6 Å². The molecule has 0 bridgehead atoms. The highest BCUT2D eigenvalue weighted by Gasteiger charge is 2.25. The summed E-state index contributed by atoms with van der Waals surface area (Å²) in [5.74, 6) is -0.0564. The number of carbonyl (C=O) groups is 1. The van der Waals surface area contributed by atoms with E-state index in [2.05, 4.69) is 15.7 Å². The van der Waals surface area contributed by atoms with E-state index in [1.54, 1.807) is 15.8 Å². The maximum atomic E-state index is 13.0. The van der Waals surface area contributed by atoms with Crippen LogP contribution in [0.15, 0.2) is 36.5 Å². The minimum Gasteiger partial charge on any atom is -0.378 e. The van der Waals surface area contributed by atoms with Gasteiger partial charge in [0.2, 0.25) is 0 Å². The van der Waals surface area contributed by atoms with Gasteiger partial charge in [0, 0.05) is 19.6 Å². The normalized spacial score (nSPS) is 15.3. The molecule has 0 saturated carbocycles. The van der Waals surface area contributed by atoms with Gasteiger partial charge in [-0.2, -0.15) is 5.10 Å². The lowest BCUT2D eigenvalue weighted by molar-refractivity contribution is 0.0295. The van der Waals surface area contributed by atoms with Crippen LogP contribution in [0.4, 0.5) is 5.69 Å². The van der Waals surface area contributed by atoms with Crippen LogP contribution in [0.25, 0.3) is 0 Å². The van der Waals surface area contributed by atoms with Gasteiger partial charge >= 0.3 is 0 Å². The Morgan fingerprint density at radius 3 is 2.67 bits per heavy atom. The summed E-state index contributed by atoms with van der Waals surface area (Å²) < 4.78 is 7.04. The number of benzene rings is 1. The topological polar surface area (TPSA) is 71.4 Å². The third-order valence-electron chi connectivity index (χ3n) is 4.54. The molecular weight excluding hydrogens is 362 g/mol. The van der Waals surface area contributed by atoms with Crippen LogP contribution < -0.4 is 10.6 Å². The second-order valence-electron chi connectivity index (χ2n) is 6.36. The predicted octanol–water partition coefficient (Wildman–Crippen LogP) is 2.42. The van der Waals surface area contributed by atoms with E-state index in [1.165, 1.54) is 0 Å². The van der Waals surface area contributed by atoms with Crippen molar-refractivity contribution in [1.29, 1.82) is 0 Å². The van der Waals surface area contributed by atoms with E-state index in [0.717, 1.165) is 5.56 Å². The summed E-state index contributed by atoms with van der Waals surface area (Å²) in [5.41, 5.74) is 2.28.